The minimum absolute atomic E-state index is 0.0206. The van der Waals surface area contributed by atoms with Crippen LogP contribution in [0.3, 0.4) is 0 Å². The molecular weight excluding hydrogens is 152 g/mol. The van der Waals surface area contributed by atoms with Gasteiger partial charge in [0.2, 0.25) is 0 Å². The van der Waals surface area contributed by atoms with Crippen molar-refractivity contribution in [1.29, 1.82) is 0 Å². The van der Waals surface area contributed by atoms with Crippen molar-refractivity contribution in [2.24, 2.45) is 17.8 Å². The van der Waals surface area contributed by atoms with E-state index in [1.165, 1.54) is 0 Å². The summed E-state index contributed by atoms with van der Waals surface area (Å²) in [6.45, 7) is 8.34. The lowest BCUT2D eigenvalue weighted by Gasteiger charge is -2.20. The van der Waals surface area contributed by atoms with Crippen LogP contribution >= 0.6 is 0 Å². The molecular formula is C10H18O2. The Kier molecular flexibility index (Phi) is 2.76. The molecule has 0 aromatic rings. The Bertz CT molecular complexity index is 177. The van der Waals surface area contributed by atoms with E-state index in [-0.39, 0.29) is 18.0 Å². The number of hydrogen-bond donors (Lipinski definition) is 0. The van der Waals surface area contributed by atoms with Crippen molar-refractivity contribution in [1.82, 2.24) is 0 Å². The van der Waals surface area contributed by atoms with Crippen LogP contribution < -0.4 is 0 Å². The molecule has 1 rings (SSSR count). The fraction of sp³-hybridized carbons (Fsp3) is 0.900. The van der Waals surface area contributed by atoms with Gasteiger partial charge in [-0.3, -0.25) is 4.79 Å². The molecule has 0 amide bonds. The number of rotatable bonds is 2. The lowest BCUT2D eigenvalue weighted by molar-refractivity contribution is -0.145. The van der Waals surface area contributed by atoms with Crippen LogP contribution in [0.25, 0.3) is 0 Å². The summed E-state index contributed by atoms with van der Waals surface area (Å²) in [4.78, 5) is 11.2. The van der Waals surface area contributed by atoms with Crippen molar-refractivity contribution >= 4 is 5.97 Å². The van der Waals surface area contributed by atoms with E-state index in [4.69, 9.17) is 4.74 Å². The van der Waals surface area contributed by atoms with Crippen LogP contribution in [0.2, 0.25) is 0 Å². The van der Waals surface area contributed by atoms with Crippen molar-refractivity contribution in [3.05, 3.63) is 0 Å². The number of cyclic esters (lactones) is 1. The largest absolute Gasteiger partial charge is 0.462 e. The first kappa shape index (κ1) is 9.56. The normalized spacial score (nSPS) is 38.0. The Morgan fingerprint density at radius 3 is 2.42 bits per heavy atom. The maximum atomic E-state index is 11.2. The first-order valence-electron chi connectivity index (χ1n) is 4.78. The molecule has 1 saturated heterocycles. The van der Waals surface area contributed by atoms with Crippen LogP contribution in [0.4, 0.5) is 0 Å². The molecule has 70 valence electrons. The molecule has 12 heavy (non-hydrogen) atoms. The van der Waals surface area contributed by atoms with E-state index in [0.717, 1.165) is 6.42 Å². The monoisotopic (exact) mass is 170 g/mol. The van der Waals surface area contributed by atoms with Crippen molar-refractivity contribution in [2.45, 2.75) is 40.2 Å². The third-order valence-corrected chi connectivity index (χ3v) is 3.14. The average molecular weight is 170 g/mol. The Morgan fingerprint density at radius 1 is 1.50 bits per heavy atom. The molecule has 2 heteroatoms. The molecule has 0 bridgehead atoms. The minimum atomic E-state index is -0.0206. The van der Waals surface area contributed by atoms with Crippen molar-refractivity contribution in [3.63, 3.8) is 0 Å². The van der Waals surface area contributed by atoms with Gasteiger partial charge in [0.05, 0.1) is 5.92 Å². The Balaban J connectivity index is 2.64. The summed E-state index contributed by atoms with van der Waals surface area (Å²) >= 11 is 0. The first-order valence-corrected chi connectivity index (χ1v) is 4.78. The topological polar surface area (TPSA) is 26.3 Å². The second-order valence-corrected chi connectivity index (χ2v) is 3.93. The van der Waals surface area contributed by atoms with Crippen LogP contribution in [0.5, 0.6) is 0 Å². The summed E-state index contributed by atoms with van der Waals surface area (Å²) in [6, 6.07) is 0. The van der Waals surface area contributed by atoms with Gasteiger partial charge in [0.15, 0.2) is 0 Å². The average Bonchev–Trinajstić information content (AvgIpc) is 2.32. The zero-order chi connectivity index (χ0) is 9.30. The van der Waals surface area contributed by atoms with Crippen molar-refractivity contribution < 1.29 is 9.53 Å². The molecule has 1 aliphatic heterocycles. The highest BCUT2D eigenvalue weighted by Crippen LogP contribution is 2.32. The van der Waals surface area contributed by atoms with Gasteiger partial charge in [0.25, 0.3) is 0 Å². The lowest BCUT2D eigenvalue weighted by Crippen LogP contribution is -2.23. The van der Waals surface area contributed by atoms with Gasteiger partial charge in [-0.25, -0.2) is 0 Å². The van der Waals surface area contributed by atoms with Crippen LogP contribution in [0.1, 0.15) is 34.1 Å². The second-order valence-electron chi connectivity index (χ2n) is 3.93. The summed E-state index contributed by atoms with van der Waals surface area (Å²) in [6.07, 6.45) is 1.23. The fourth-order valence-electron chi connectivity index (χ4n) is 1.71. The molecule has 0 aromatic heterocycles. The maximum Gasteiger partial charge on any atom is 0.309 e. The molecule has 2 nitrogen and oxygen atoms in total. The van der Waals surface area contributed by atoms with Crippen molar-refractivity contribution in [3.8, 4) is 0 Å². The summed E-state index contributed by atoms with van der Waals surface area (Å²) in [5.74, 6) is 0.943. The summed E-state index contributed by atoms with van der Waals surface area (Å²) < 4.78 is 5.30. The first-order chi connectivity index (χ1) is 5.57. The van der Waals surface area contributed by atoms with Crippen LogP contribution in [0, 0.1) is 17.8 Å². The van der Waals surface area contributed by atoms with Gasteiger partial charge in [-0.2, -0.15) is 0 Å². The summed E-state index contributed by atoms with van der Waals surface area (Å²) in [5, 5.41) is 0. The van der Waals surface area contributed by atoms with Gasteiger partial charge in [0, 0.05) is 5.92 Å². The van der Waals surface area contributed by atoms with Crippen molar-refractivity contribution in [2.75, 3.05) is 0 Å². The predicted molar refractivity (Wildman–Crippen MR) is 47.7 cm³/mol. The third kappa shape index (κ3) is 1.47. The summed E-state index contributed by atoms with van der Waals surface area (Å²) in [7, 11) is 0. The highest BCUT2D eigenvalue weighted by molar-refractivity contribution is 5.74. The molecule has 1 fully saturated rings. The molecule has 4 atom stereocenters. The number of esters is 1. The molecule has 0 unspecified atom stereocenters. The van der Waals surface area contributed by atoms with E-state index in [2.05, 4.69) is 20.8 Å². The Hall–Kier alpha value is -0.530. The highest BCUT2D eigenvalue weighted by Gasteiger charge is 2.40. The quantitative estimate of drug-likeness (QED) is 0.594. The molecule has 0 aliphatic carbocycles. The predicted octanol–water partition coefficient (Wildman–Crippen LogP) is 2.23. The van der Waals surface area contributed by atoms with Gasteiger partial charge in [0.1, 0.15) is 6.10 Å². The molecule has 0 radical (unpaired) electrons. The molecule has 0 N–H and O–H groups in total. The van der Waals surface area contributed by atoms with E-state index < -0.39 is 0 Å². The standard InChI is InChI=1S/C10H18O2/c1-5-6(2)9-7(3)8(4)10(11)12-9/h6-9H,5H2,1-4H3/t6-,7-,8-,9-/m1/s1. The van der Waals surface area contributed by atoms with Gasteiger partial charge in [-0.05, 0) is 5.92 Å². The van der Waals surface area contributed by atoms with E-state index in [9.17, 15) is 4.79 Å². The minimum Gasteiger partial charge on any atom is -0.462 e. The Morgan fingerprint density at radius 2 is 2.08 bits per heavy atom. The van der Waals surface area contributed by atoms with Crippen LogP contribution in [-0.4, -0.2) is 12.1 Å². The van der Waals surface area contributed by atoms with E-state index in [1.54, 1.807) is 0 Å². The second kappa shape index (κ2) is 3.46. The van der Waals surface area contributed by atoms with Gasteiger partial charge < -0.3 is 4.74 Å². The molecule has 0 aromatic carbocycles. The number of hydrogen-bond acceptors (Lipinski definition) is 2. The maximum absolute atomic E-state index is 11.2. The van der Waals surface area contributed by atoms with Crippen LogP contribution in [0.15, 0.2) is 0 Å². The van der Waals surface area contributed by atoms with Gasteiger partial charge >= 0.3 is 5.97 Å². The van der Waals surface area contributed by atoms with E-state index in [0.29, 0.717) is 11.8 Å². The highest BCUT2D eigenvalue weighted by atomic mass is 16.6. The smallest absolute Gasteiger partial charge is 0.309 e. The fourth-order valence-corrected chi connectivity index (χ4v) is 1.71. The zero-order valence-corrected chi connectivity index (χ0v) is 8.33. The number of ether oxygens (including phenoxy) is 1. The zero-order valence-electron chi connectivity index (χ0n) is 8.33. The molecule has 1 aliphatic rings. The number of carbonyl (C=O) groups excluding carboxylic acids is 1. The third-order valence-electron chi connectivity index (χ3n) is 3.14. The van der Waals surface area contributed by atoms with Crippen LogP contribution in [-0.2, 0) is 9.53 Å². The molecule has 0 spiro atoms. The SMILES string of the molecule is CC[C@@H](C)[C@H]1OC(=O)[C@H](C)[C@H]1C. The molecule has 1 heterocycles. The van der Waals surface area contributed by atoms with E-state index in [1.807, 2.05) is 6.92 Å². The lowest BCUT2D eigenvalue weighted by atomic mass is 9.86. The number of carbonyl (C=O) groups is 1. The van der Waals surface area contributed by atoms with Gasteiger partial charge in [-0.15, -0.1) is 0 Å². The van der Waals surface area contributed by atoms with Gasteiger partial charge in [-0.1, -0.05) is 34.1 Å². The summed E-state index contributed by atoms with van der Waals surface area (Å²) in [5.41, 5.74) is 0. The molecule has 0 saturated carbocycles. The Labute approximate surface area is 74.3 Å². The van der Waals surface area contributed by atoms with E-state index >= 15 is 0 Å².